The number of aliphatic hydroxyl groups excluding tert-OH is 1. The third-order valence-corrected chi connectivity index (χ3v) is 4.48. The summed E-state index contributed by atoms with van der Waals surface area (Å²) >= 11 is 0. The van der Waals surface area contributed by atoms with E-state index in [9.17, 15) is 19.1 Å². The zero-order valence-electron chi connectivity index (χ0n) is 13.1. The minimum Gasteiger partial charge on any atom is -0.391 e. The minimum atomic E-state index is -0.704. The number of nitrogens with one attached hydrogen (secondary N) is 1. The lowest BCUT2D eigenvalue weighted by Crippen LogP contribution is -2.47. The van der Waals surface area contributed by atoms with Crippen molar-refractivity contribution < 1.29 is 14.3 Å². The molecule has 2 aromatic rings. The number of likely N-dealkylation sites (tertiary alicyclic amines) is 1. The van der Waals surface area contributed by atoms with Gasteiger partial charge in [-0.1, -0.05) is 18.2 Å². The Morgan fingerprint density at radius 2 is 2.08 bits per heavy atom. The van der Waals surface area contributed by atoms with E-state index in [1.165, 1.54) is 24.4 Å². The highest BCUT2D eigenvalue weighted by molar-refractivity contribution is 5.93. The van der Waals surface area contributed by atoms with Crippen LogP contribution < -0.4 is 5.56 Å². The van der Waals surface area contributed by atoms with Crippen molar-refractivity contribution in [2.75, 3.05) is 13.1 Å². The van der Waals surface area contributed by atoms with Crippen molar-refractivity contribution in [3.63, 3.8) is 0 Å². The second-order valence-electron chi connectivity index (χ2n) is 6.10. The number of carbonyl (C=O) groups is 1. The Hall–Kier alpha value is -2.47. The van der Waals surface area contributed by atoms with Gasteiger partial charge in [0.2, 0.25) is 5.56 Å². The largest absolute Gasteiger partial charge is 0.391 e. The van der Waals surface area contributed by atoms with Gasteiger partial charge in [0, 0.05) is 25.4 Å². The van der Waals surface area contributed by atoms with Gasteiger partial charge in [0.15, 0.2) is 0 Å². The minimum absolute atomic E-state index is 0.0819. The maximum absolute atomic E-state index is 13.8. The Kier molecular flexibility index (Phi) is 4.76. The van der Waals surface area contributed by atoms with Gasteiger partial charge in [-0.25, -0.2) is 4.39 Å². The lowest BCUT2D eigenvalue weighted by Gasteiger charge is -2.36. The second-order valence-corrected chi connectivity index (χ2v) is 6.10. The van der Waals surface area contributed by atoms with Crippen molar-refractivity contribution in [1.82, 2.24) is 9.88 Å². The molecule has 2 heterocycles. The van der Waals surface area contributed by atoms with E-state index in [0.717, 1.165) is 0 Å². The molecule has 1 saturated heterocycles. The smallest absolute Gasteiger partial charge is 0.255 e. The SMILES string of the molecule is O=C(c1ccc(=O)[nH]c1)N1CC[C@H](Cc2ccccc2F)[C@H](O)C1. The first-order valence-corrected chi connectivity index (χ1v) is 7.94. The highest BCUT2D eigenvalue weighted by Crippen LogP contribution is 2.24. The van der Waals surface area contributed by atoms with Gasteiger partial charge in [-0.05, 0) is 36.5 Å². The van der Waals surface area contributed by atoms with E-state index in [1.54, 1.807) is 23.1 Å². The Labute approximate surface area is 138 Å². The van der Waals surface area contributed by atoms with Gasteiger partial charge >= 0.3 is 0 Å². The average Bonchev–Trinajstić information content (AvgIpc) is 2.58. The first kappa shape index (κ1) is 16.4. The lowest BCUT2D eigenvalue weighted by atomic mass is 9.87. The zero-order valence-corrected chi connectivity index (χ0v) is 13.1. The Morgan fingerprint density at radius 3 is 2.75 bits per heavy atom. The molecule has 0 bridgehead atoms. The number of H-pyrrole nitrogens is 1. The molecule has 1 aromatic carbocycles. The Morgan fingerprint density at radius 1 is 1.29 bits per heavy atom. The van der Waals surface area contributed by atoms with Gasteiger partial charge in [-0.15, -0.1) is 0 Å². The first-order chi connectivity index (χ1) is 11.5. The van der Waals surface area contributed by atoms with E-state index in [-0.39, 0.29) is 29.7 Å². The highest BCUT2D eigenvalue weighted by atomic mass is 19.1. The van der Waals surface area contributed by atoms with Crippen molar-refractivity contribution in [1.29, 1.82) is 0 Å². The van der Waals surface area contributed by atoms with E-state index < -0.39 is 6.10 Å². The summed E-state index contributed by atoms with van der Waals surface area (Å²) < 4.78 is 13.8. The van der Waals surface area contributed by atoms with Gasteiger partial charge < -0.3 is 15.0 Å². The van der Waals surface area contributed by atoms with Crippen LogP contribution in [0.25, 0.3) is 0 Å². The van der Waals surface area contributed by atoms with Crippen molar-refractivity contribution in [2.45, 2.75) is 18.9 Å². The molecule has 2 N–H and O–H groups in total. The maximum atomic E-state index is 13.8. The van der Waals surface area contributed by atoms with Gasteiger partial charge in [-0.3, -0.25) is 9.59 Å². The molecule has 5 nitrogen and oxygen atoms in total. The number of hydrogen-bond donors (Lipinski definition) is 2. The zero-order chi connectivity index (χ0) is 17.1. The molecule has 2 atom stereocenters. The molecule has 24 heavy (non-hydrogen) atoms. The Bertz CT molecular complexity index is 769. The molecule has 6 heteroatoms. The summed E-state index contributed by atoms with van der Waals surface area (Å²) in [6.07, 6.45) is 1.73. The van der Waals surface area contributed by atoms with Crippen molar-refractivity contribution in [3.8, 4) is 0 Å². The number of piperidine rings is 1. The number of aromatic nitrogens is 1. The number of aliphatic hydroxyl groups is 1. The fourth-order valence-electron chi connectivity index (χ4n) is 3.08. The van der Waals surface area contributed by atoms with Gasteiger partial charge in [0.05, 0.1) is 11.7 Å². The predicted molar refractivity (Wildman–Crippen MR) is 87.2 cm³/mol. The normalized spacial score (nSPS) is 20.8. The average molecular weight is 330 g/mol. The molecule has 0 spiro atoms. The number of carbonyl (C=O) groups excluding carboxylic acids is 1. The predicted octanol–water partition coefficient (Wildman–Crippen LogP) is 1.58. The molecule has 1 aromatic heterocycles. The van der Waals surface area contributed by atoms with Crippen LogP contribution in [0, 0.1) is 11.7 Å². The number of aromatic amines is 1. The summed E-state index contributed by atoms with van der Waals surface area (Å²) in [5.74, 6) is -0.576. The number of benzene rings is 1. The van der Waals surface area contributed by atoms with Crippen LogP contribution in [0.2, 0.25) is 0 Å². The van der Waals surface area contributed by atoms with Crippen molar-refractivity contribution in [3.05, 3.63) is 69.9 Å². The number of β-amino-alcohol motifs (C(OH)–C–C–N with tert-alkyl or cyclic N) is 1. The third kappa shape index (κ3) is 3.54. The lowest BCUT2D eigenvalue weighted by molar-refractivity contribution is 0.0195. The van der Waals surface area contributed by atoms with Gasteiger partial charge in [-0.2, -0.15) is 0 Å². The standard InChI is InChI=1S/C18H19FN2O3/c19-15-4-2-1-3-12(15)9-13-7-8-21(11-16(13)22)18(24)14-5-6-17(23)20-10-14/h1-6,10,13,16,22H,7-9,11H2,(H,20,23)/t13-,16-/m1/s1. The number of hydrogen-bond acceptors (Lipinski definition) is 3. The van der Waals surface area contributed by atoms with E-state index in [0.29, 0.717) is 30.5 Å². The molecular formula is C18H19FN2O3. The van der Waals surface area contributed by atoms with Crippen LogP contribution in [0.5, 0.6) is 0 Å². The molecule has 126 valence electrons. The molecule has 0 aliphatic carbocycles. The fourth-order valence-corrected chi connectivity index (χ4v) is 3.08. The number of halogens is 1. The molecular weight excluding hydrogens is 311 g/mol. The second kappa shape index (κ2) is 6.97. The highest BCUT2D eigenvalue weighted by Gasteiger charge is 2.31. The molecule has 0 saturated carbocycles. The van der Waals surface area contributed by atoms with Crippen molar-refractivity contribution in [2.24, 2.45) is 5.92 Å². The quantitative estimate of drug-likeness (QED) is 0.897. The molecule has 1 aliphatic heterocycles. The topological polar surface area (TPSA) is 73.4 Å². The Balaban J connectivity index is 1.64. The van der Waals surface area contributed by atoms with Crippen LogP contribution in [0.4, 0.5) is 4.39 Å². The third-order valence-electron chi connectivity index (χ3n) is 4.48. The summed E-state index contributed by atoms with van der Waals surface area (Å²) in [5, 5.41) is 10.4. The van der Waals surface area contributed by atoms with Crippen LogP contribution in [-0.2, 0) is 6.42 Å². The number of rotatable bonds is 3. The summed E-state index contributed by atoms with van der Waals surface area (Å²) in [6.45, 7) is 0.700. The summed E-state index contributed by atoms with van der Waals surface area (Å²) in [4.78, 5) is 27.5. The van der Waals surface area contributed by atoms with Crippen LogP contribution in [0.3, 0.4) is 0 Å². The molecule has 1 aliphatic rings. The maximum Gasteiger partial charge on any atom is 0.255 e. The summed E-state index contributed by atoms with van der Waals surface area (Å²) in [6, 6.07) is 9.32. The molecule has 3 rings (SSSR count). The number of amides is 1. The summed E-state index contributed by atoms with van der Waals surface area (Å²) in [5.41, 5.74) is 0.700. The molecule has 0 radical (unpaired) electrons. The van der Waals surface area contributed by atoms with Crippen LogP contribution in [0.15, 0.2) is 47.4 Å². The van der Waals surface area contributed by atoms with Crippen molar-refractivity contribution >= 4 is 5.91 Å². The molecule has 0 unspecified atom stereocenters. The van der Waals surface area contributed by atoms with E-state index >= 15 is 0 Å². The van der Waals surface area contributed by atoms with E-state index in [2.05, 4.69) is 4.98 Å². The van der Waals surface area contributed by atoms with Crippen LogP contribution in [-0.4, -0.2) is 40.1 Å². The van der Waals surface area contributed by atoms with E-state index in [1.807, 2.05) is 0 Å². The van der Waals surface area contributed by atoms with Crippen LogP contribution >= 0.6 is 0 Å². The first-order valence-electron chi connectivity index (χ1n) is 7.94. The monoisotopic (exact) mass is 330 g/mol. The van der Waals surface area contributed by atoms with Gasteiger partial charge in [0.25, 0.3) is 5.91 Å². The van der Waals surface area contributed by atoms with Gasteiger partial charge in [0.1, 0.15) is 5.82 Å². The van der Waals surface area contributed by atoms with E-state index in [4.69, 9.17) is 0 Å². The molecule has 1 fully saturated rings. The summed E-state index contributed by atoms with van der Waals surface area (Å²) in [7, 11) is 0. The number of pyridine rings is 1. The molecule has 1 amide bonds. The number of nitrogens with zero attached hydrogens (tertiary/aromatic N) is 1. The van der Waals surface area contributed by atoms with Crippen LogP contribution in [0.1, 0.15) is 22.3 Å². The fraction of sp³-hybridized carbons (Fsp3) is 0.333.